The molecule has 3 rings (SSSR count). The Balaban J connectivity index is 1.69. The summed E-state index contributed by atoms with van der Waals surface area (Å²) in [7, 11) is 4.01. The topological polar surface area (TPSA) is 64.7 Å². The minimum absolute atomic E-state index is 0.108. The summed E-state index contributed by atoms with van der Waals surface area (Å²) in [6.45, 7) is 1.52. The van der Waals surface area contributed by atoms with Crippen LogP contribution >= 0.6 is 11.6 Å². The van der Waals surface area contributed by atoms with Gasteiger partial charge in [0.15, 0.2) is 0 Å². The van der Waals surface area contributed by atoms with E-state index in [4.69, 9.17) is 11.6 Å². The number of benzene rings is 1. The van der Waals surface area contributed by atoms with Gasteiger partial charge in [-0.3, -0.25) is 4.79 Å². The Bertz CT molecular complexity index is 673. The molecule has 0 atom stereocenters. The molecule has 1 saturated heterocycles. The molecule has 0 spiro atoms. The van der Waals surface area contributed by atoms with Gasteiger partial charge in [0.05, 0.1) is 16.2 Å². The number of anilines is 2. The highest BCUT2D eigenvalue weighted by atomic mass is 35.5. The summed E-state index contributed by atoms with van der Waals surface area (Å²) >= 11 is 6.23. The van der Waals surface area contributed by atoms with Crippen LogP contribution in [0.3, 0.4) is 0 Å². The molecular weight excluding hydrogens is 340 g/mol. The second-order valence-corrected chi connectivity index (χ2v) is 7.67. The van der Waals surface area contributed by atoms with Gasteiger partial charge >= 0.3 is 6.03 Å². The van der Waals surface area contributed by atoms with E-state index in [0.29, 0.717) is 23.7 Å². The fraction of sp³-hybridized carbons (Fsp3) is 0.556. The third-order valence-corrected chi connectivity index (χ3v) is 5.22. The third kappa shape index (κ3) is 4.07. The summed E-state index contributed by atoms with van der Waals surface area (Å²) < 4.78 is 0. The Morgan fingerprint density at radius 3 is 2.64 bits per heavy atom. The van der Waals surface area contributed by atoms with Gasteiger partial charge in [0.1, 0.15) is 0 Å². The Kier molecular flexibility index (Phi) is 5.20. The lowest BCUT2D eigenvalue weighted by Gasteiger charge is -2.44. The summed E-state index contributed by atoms with van der Waals surface area (Å²) in [5.74, 6) is 0.108. The molecule has 136 valence electrons. The van der Waals surface area contributed by atoms with E-state index in [1.165, 1.54) is 0 Å². The van der Waals surface area contributed by atoms with Crippen molar-refractivity contribution in [2.45, 2.75) is 37.6 Å². The van der Waals surface area contributed by atoms with Crippen LogP contribution in [0.25, 0.3) is 0 Å². The van der Waals surface area contributed by atoms with Gasteiger partial charge in [-0.15, -0.1) is 0 Å². The maximum atomic E-state index is 12.5. The van der Waals surface area contributed by atoms with Gasteiger partial charge in [0.25, 0.3) is 0 Å². The van der Waals surface area contributed by atoms with Crippen LogP contribution in [0.15, 0.2) is 18.2 Å². The Morgan fingerprint density at radius 1 is 1.32 bits per heavy atom. The molecule has 2 fully saturated rings. The number of carbonyl (C=O) groups excluding carboxylic acids is 2. The monoisotopic (exact) mass is 364 g/mol. The molecule has 1 saturated carbocycles. The van der Waals surface area contributed by atoms with Gasteiger partial charge in [-0.25, -0.2) is 4.79 Å². The minimum atomic E-state index is -0.256. The highest BCUT2D eigenvalue weighted by molar-refractivity contribution is 6.33. The summed E-state index contributed by atoms with van der Waals surface area (Å²) in [6.07, 6.45) is 4.52. The van der Waals surface area contributed by atoms with Crippen molar-refractivity contribution in [2.24, 2.45) is 0 Å². The number of hydrogen-bond acceptors (Lipinski definition) is 3. The van der Waals surface area contributed by atoms with Crippen molar-refractivity contribution in [3.05, 3.63) is 23.2 Å². The molecule has 2 aliphatic rings. The molecule has 0 radical (unpaired) electrons. The molecule has 2 N–H and O–H groups in total. The average molecular weight is 365 g/mol. The highest BCUT2D eigenvalue weighted by Gasteiger charge is 2.38. The summed E-state index contributed by atoms with van der Waals surface area (Å²) in [4.78, 5) is 28.2. The standard InChI is InChI=1S/C18H25ClN4O2/c1-22(2)12-18(8-4-9-18)21-17(25)20-15-11-13(6-7-14(15)19)23-10-3-5-16(23)24/h6-7,11H,3-5,8-10,12H2,1-2H3,(H2,20,21,25). The molecule has 1 heterocycles. The highest BCUT2D eigenvalue weighted by Crippen LogP contribution is 2.33. The van der Waals surface area contributed by atoms with Crippen molar-refractivity contribution < 1.29 is 9.59 Å². The van der Waals surface area contributed by atoms with E-state index >= 15 is 0 Å². The number of hydrogen-bond donors (Lipinski definition) is 2. The third-order valence-electron chi connectivity index (χ3n) is 4.89. The van der Waals surface area contributed by atoms with Gasteiger partial charge in [-0.05, 0) is 58.0 Å². The molecule has 1 aromatic rings. The Labute approximate surface area is 153 Å². The van der Waals surface area contributed by atoms with Gasteiger partial charge in [-0.1, -0.05) is 11.6 Å². The first-order valence-electron chi connectivity index (χ1n) is 8.72. The number of nitrogens with one attached hydrogen (secondary N) is 2. The lowest BCUT2D eigenvalue weighted by atomic mass is 9.76. The summed E-state index contributed by atoms with van der Waals surface area (Å²) in [5.41, 5.74) is 1.13. The molecule has 0 unspecified atom stereocenters. The first kappa shape index (κ1) is 18.0. The maximum absolute atomic E-state index is 12.5. The smallest absolute Gasteiger partial charge is 0.319 e. The molecule has 1 aliphatic carbocycles. The van der Waals surface area contributed by atoms with Gasteiger partial charge in [-0.2, -0.15) is 0 Å². The number of rotatable bonds is 5. The molecule has 6 nitrogen and oxygen atoms in total. The van der Waals surface area contributed by atoms with E-state index in [2.05, 4.69) is 15.5 Å². The number of urea groups is 1. The summed E-state index contributed by atoms with van der Waals surface area (Å²) in [6, 6.07) is 5.05. The zero-order chi connectivity index (χ0) is 18.0. The van der Waals surface area contributed by atoms with Crippen LogP contribution < -0.4 is 15.5 Å². The van der Waals surface area contributed by atoms with E-state index < -0.39 is 0 Å². The van der Waals surface area contributed by atoms with Crippen LogP contribution in [0.5, 0.6) is 0 Å². The second kappa shape index (κ2) is 7.22. The van der Waals surface area contributed by atoms with Crippen molar-refractivity contribution in [1.29, 1.82) is 0 Å². The average Bonchev–Trinajstić information content (AvgIpc) is 2.93. The predicted octanol–water partition coefficient (Wildman–Crippen LogP) is 3.07. The first-order valence-corrected chi connectivity index (χ1v) is 9.10. The molecule has 0 aromatic heterocycles. The lowest BCUT2D eigenvalue weighted by Crippen LogP contribution is -2.59. The Hall–Kier alpha value is -1.79. The van der Waals surface area contributed by atoms with E-state index in [1.54, 1.807) is 17.0 Å². The van der Waals surface area contributed by atoms with Crippen LogP contribution in [0, 0.1) is 0 Å². The van der Waals surface area contributed by atoms with Crippen LogP contribution in [-0.2, 0) is 4.79 Å². The van der Waals surface area contributed by atoms with Crippen molar-refractivity contribution in [1.82, 2.24) is 10.2 Å². The van der Waals surface area contributed by atoms with Crippen LogP contribution in [0.4, 0.5) is 16.2 Å². The van der Waals surface area contributed by atoms with Crippen molar-refractivity contribution in [2.75, 3.05) is 37.4 Å². The fourth-order valence-electron chi connectivity index (χ4n) is 3.62. The first-order chi connectivity index (χ1) is 11.9. The normalized spacial score (nSPS) is 19.0. The minimum Gasteiger partial charge on any atom is -0.331 e. The number of nitrogens with zero attached hydrogens (tertiary/aromatic N) is 2. The molecule has 1 aromatic carbocycles. The maximum Gasteiger partial charge on any atom is 0.319 e. The van der Waals surface area contributed by atoms with Crippen molar-refractivity contribution in [3.8, 4) is 0 Å². The quantitative estimate of drug-likeness (QED) is 0.843. The van der Waals surface area contributed by atoms with Gasteiger partial charge in [0, 0.05) is 25.2 Å². The molecule has 1 aliphatic heterocycles. The molecule has 7 heteroatoms. The van der Waals surface area contributed by atoms with Gasteiger partial charge < -0.3 is 20.4 Å². The van der Waals surface area contributed by atoms with E-state index in [0.717, 1.165) is 37.9 Å². The van der Waals surface area contributed by atoms with Gasteiger partial charge in [0.2, 0.25) is 5.91 Å². The Morgan fingerprint density at radius 2 is 2.08 bits per heavy atom. The number of amides is 3. The second-order valence-electron chi connectivity index (χ2n) is 7.26. The van der Waals surface area contributed by atoms with E-state index in [1.807, 2.05) is 20.2 Å². The largest absolute Gasteiger partial charge is 0.331 e. The summed E-state index contributed by atoms with van der Waals surface area (Å²) in [5, 5.41) is 6.41. The number of halogens is 1. The zero-order valence-corrected chi connectivity index (χ0v) is 15.5. The fourth-order valence-corrected chi connectivity index (χ4v) is 3.79. The number of likely N-dealkylation sites (N-methyl/N-ethyl adjacent to an activating group) is 1. The predicted molar refractivity (Wildman–Crippen MR) is 100 cm³/mol. The molecular formula is C18H25ClN4O2. The lowest BCUT2D eigenvalue weighted by molar-refractivity contribution is -0.117. The molecule has 0 bridgehead atoms. The van der Waals surface area contributed by atoms with Crippen molar-refractivity contribution in [3.63, 3.8) is 0 Å². The SMILES string of the molecule is CN(C)CC1(NC(=O)Nc2cc(N3CCCC3=O)ccc2Cl)CCC1. The van der Waals surface area contributed by atoms with E-state index in [-0.39, 0.29) is 17.5 Å². The van der Waals surface area contributed by atoms with Crippen LogP contribution in [0.2, 0.25) is 5.02 Å². The number of carbonyl (C=O) groups is 2. The zero-order valence-electron chi connectivity index (χ0n) is 14.8. The van der Waals surface area contributed by atoms with Crippen LogP contribution in [0.1, 0.15) is 32.1 Å². The molecule has 3 amide bonds. The van der Waals surface area contributed by atoms with E-state index in [9.17, 15) is 9.59 Å². The molecule has 25 heavy (non-hydrogen) atoms. The van der Waals surface area contributed by atoms with Crippen LogP contribution in [-0.4, -0.2) is 49.6 Å². The van der Waals surface area contributed by atoms with Crippen molar-refractivity contribution >= 4 is 34.9 Å².